The van der Waals surface area contributed by atoms with Crippen LogP contribution < -0.4 is 10.5 Å². The van der Waals surface area contributed by atoms with E-state index in [4.69, 9.17) is 5.73 Å². The monoisotopic (exact) mass is 236 g/mol. The Kier molecular flexibility index (Phi) is 5.77. The van der Waals surface area contributed by atoms with Crippen LogP contribution >= 0.6 is 0 Å². The molecule has 4 nitrogen and oxygen atoms in total. The normalized spacial score (nSPS) is 15.3. The Morgan fingerprint density at radius 3 is 2.27 bits per heavy atom. The lowest BCUT2D eigenvalue weighted by atomic mass is 10.0. The molecule has 0 heterocycles. The molecule has 0 aliphatic heterocycles. The van der Waals surface area contributed by atoms with E-state index in [0.717, 1.165) is 12.8 Å². The van der Waals surface area contributed by atoms with Crippen molar-refractivity contribution in [2.24, 2.45) is 11.1 Å². The molecule has 0 saturated heterocycles. The molecule has 0 saturated carbocycles. The Hall–Kier alpha value is -0.130. The summed E-state index contributed by atoms with van der Waals surface area (Å²) in [5, 5.41) is 0. The molecule has 0 aliphatic rings. The van der Waals surface area contributed by atoms with Crippen molar-refractivity contribution >= 4 is 10.0 Å². The van der Waals surface area contributed by atoms with E-state index in [0.29, 0.717) is 6.54 Å². The molecule has 0 bridgehead atoms. The molecular weight excluding hydrogens is 212 g/mol. The summed E-state index contributed by atoms with van der Waals surface area (Å²) in [5.41, 5.74) is 5.37. The van der Waals surface area contributed by atoms with Crippen molar-refractivity contribution < 1.29 is 8.42 Å². The van der Waals surface area contributed by atoms with E-state index < -0.39 is 10.0 Å². The Morgan fingerprint density at radius 2 is 1.87 bits per heavy atom. The van der Waals surface area contributed by atoms with Gasteiger partial charge in [0, 0.05) is 12.6 Å². The van der Waals surface area contributed by atoms with E-state index in [9.17, 15) is 8.42 Å². The maximum absolute atomic E-state index is 11.5. The fraction of sp³-hybridized carbons (Fsp3) is 1.00. The molecule has 0 rings (SSSR count). The van der Waals surface area contributed by atoms with Gasteiger partial charge in [-0.2, -0.15) is 0 Å². The van der Waals surface area contributed by atoms with Gasteiger partial charge in [-0.1, -0.05) is 20.8 Å². The van der Waals surface area contributed by atoms with Gasteiger partial charge in [-0.05, 0) is 25.2 Å². The highest BCUT2D eigenvalue weighted by Gasteiger charge is 2.20. The zero-order valence-corrected chi connectivity index (χ0v) is 11.0. The lowest BCUT2D eigenvalue weighted by Gasteiger charge is -2.18. The largest absolute Gasteiger partial charge is 0.328 e. The summed E-state index contributed by atoms with van der Waals surface area (Å²) in [6.45, 7) is 8.14. The van der Waals surface area contributed by atoms with Crippen LogP contribution in [-0.4, -0.2) is 26.8 Å². The zero-order chi connectivity index (χ0) is 12.1. The van der Waals surface area contributed by atoms with Gasteiger partial charge in [0.25, 0.3) is 0 Å². The Bertz CT molecular complexity index is 266. The number of hydrogen-bond donors (Lipinski definition) is 2. The highest BCUT2D eigenvalue weighted by molar-refractivity contribution is 7.89. The average Bonchev–Trinajstić information content (AvgIpc) is 1.93. The Labute approximate surface area is 93.7 Å². The highest BCUT2D eigenvalue weighted by Crippen LogP contribution is 2.15. The summed E-state index contributed by atoms with van der Waals surface area (Å²) in [6, 6.07) is 0.136. The Balaban J connectivity index is 3.86. The first-order valence-corrected chi connectivity index (χ1v) is 7.00. The predicted molar refractivity (Wildman–Crippen MR) is 64.1 cm³/mol. The number of hydrogen-bond acceptors (Lipinski definition) is 3. The molecule has 15 heavy (non-hydrogen) atoms. The van der Waals surface area contributed by atoms with Gasteiger partial charge in [-0.15, -0.1) is 0 Å². The van der Waals surface area contributed by atoms with Crippen molar-refractivity contribution in [2.75, 3.05) is 12.3 Å². The quantitative estimate of drug-likeness (QED) is 0.678. The molecule has 0 aliphatic carbocycles. The van der Waals surface area contributed by atoms with Gasteiger partial charge in [0.2, 0.25) is 10.0 Å². The van der Waals surface area contributed by atoms with Crippen molar-refractivity contribution in [2.45, 2.75) is 46.6 Å². The first-order valence-electron chi connectivity index (χ1n) is 5.35. The summed E-state index contributed by atoms with van der Waals surface area (Å²) in [5.74, 6) is 0.165. The topological polar surface area (TPSA) is 72.2 Å². The first-order chi connectivity index (χ1) is 6.62. The van der Waals surface area contributed by atoms with Gasteiger partial charge in [-0.25, -0.2) is 13.1 Å². The van der Waals surface area contributed by atoms with Crippen LogP contribution in [-0.2, 0) is 10.0 Å². The number of nitrogens with one attached hydrogen (secondary N) is 1. The fourth-order valence-corrected chi connectivity index (χ4v) is 2.97. The summed E-state index contributed by atoms with van der Waals surface area (Å²) >= 11 is 0. The van der Waals surface area contributed by atoms with Crippen LogP contribution in [0.1, 0.15) is 40.5 Å². The van der Waals surface area contributed by atoms with Crippen LogP contribution in [0.4, 0.5) is 0 Å². The smallest absolute Gasteiger partial charge is 0.212 e. The lowest BCUT2D eigenvalue weighted by molar-refractivity contribution is 0.457. The second-order valence-corrected chi connectivity index (χ2v) is 7.14. The summed E-state index contributed by atoms with van der Waals surface area (Å²) in [7, 11) is -3.13. The molecule has 0 amide bonds. The SMILES string of the molecule is CC(N)CCCNS(=O)(=O)CC(C)(C)C. The van der Waals surface area contributed by atoms with E-state index in [1.807, 2.05) is 27.7 Å². The molecule has 5 heteroatoms. The highest BCUT2D eigenvalue weighted by atomic mass is 32.2. The minimum atomic E-state index is -3.13. The first kappa shape index (κ1) is 14.9. The van der Waals surface area contributed by atoms with Crippen LogP contribution in [0.2, 0.25) is 0 Å². The fourth-order valence-electron chi connectivity index (χ4n) is 1.27. The minimum Gasteiger partial charge on any atom is -0.328 e. The predicted octanol–water partition coefficient (Wildman–Crippen LogP) is 1.08. The van der Waals surface area contributed by atoms with Crippen molar-refractivity contribution in [3.8, 4) is 0 Å². The van der Waals surface area contributed by atoms with Gasteiger partial charge in [0.15, 0.2) is 0 Å². The van der Waals surface area contributed by atoms with Gasteiger partial charge >= 0.3 is 0 Å². The molecule has 0 aromatic heterocycles. The molecule has 0 spiro atoms. The van der Waals surface area contributed by atoms with Crippen molar-refractivity contribution in [1.29, 1.82) is 0 Å². The number of rotatable bonds is 6. The van der Waals surface area contributed by atoms with E-state index in [-0.39, 0.29) is 17.2 Å². The van der Waals surface area contributed by atoms with Crippen molar-refractivity contribution in [1.82, 2.24) is 4.72 Å². The zero-order valence-electron chi connectivity index (χ0n) is 10.2. The minimum absolute atomic E-state index is 0.136. The van der Waals surface area contributed by atoms with E-state index in [1.54, 1.807) is 0 Å². The number of sulfonamides is 1. The van der Waals surface area contributed by atoms with E-state index in [2.05, 4.69) is 4.72 Å². The lowest BCUT2D eigenvalue weighted by Crippen LogP contribution is -2.33. The summed E-state index contributed by atoms with van der Waals surface area (Å²) < 4.78 is 25.7. The molecule has 1 atom stereocenters. The number of nitrogens with two attached hydrogens (primary N) is 1. The van der Waals surface area contributed by atoms with Crippen LogP contribution in [0.15, 0.2) is 0 Å². The molecule has 0 fully saturated rings. The van der Waals surface area contributed by atoms with Gasteiger partial charge in [-0.3, -0.25) is 0 Å². The maximum atomic E-state index is 11.5. The van der Waals surface area contributed by atoms with Crippen LogP contribution in [0, 0.1) is 5.41 Å². The van der Waals surface area contributed by atoms with Crippen molar-refractivity contribution in [3.63, 3.8) is 0 Å². The maximum Gasteiger partial charge on any atom is 0.212 e. The summed E-state index contributed by atoms with van der Waals surface area (Å²) in [6.07, 6.45) is 1.64. The molecule has 0 aromatic rings. The molecule has 92 valence electrons. The third-order valence-electron chi connectivity index (χ3n) is 1.78. The van der Waals surface area contributed by atoms with Gasteiger partial charge < -0.3 is 5.73 Å². The van der Waals surface area contributed by atoms with E-state index in [1.165, 1.54) is 0 Å². The summed E-state index contributed by atoms with van der Waals surface area (Å²) in [4.78, 5) is 0. The van der Waals surface area contributed by atoms with E-state index >= 15 is 0 Å². The third kappa shape index (κ3) is 10.2. The third-order valence-corrected chi connectivity index (χ3v) is 3.67. The second kappa shape index (κ2) is 5.82. The molecule has 3 N–H and O–H groups in total. The second-order valence-electron chi connectivity index (χ2n) is 5.33. The average molecular weight is 236 g/mol. The van der Waals surface area contributed by atoms with Crippen LogP contribution in [0.3, 0.4) is 0 Å². The van der Waals surface area contributed by atoms with Gasteiger partial charge in [0.1, 0.15) is 0 Å². The molecule has 0 radical (unpaired) electrons. The molecule has 1 unspecified atom stereocenters. The van der Waals surface area contributed by atoms with Crippen LogP contribution in [0.5, 0.6) is 0 Å². The van der Waals surface area contributed by atoms with Crippen molar-refractivity contribution in [3.05, 3.63) is 0 Å². The van der Waals surface area contributed by atoms with Crippen LogP contribution in [0.25, 0.3) is 0 Å². The molecule has 0 aromatic carbocycles. The van der Waals surface area contributed by atoms with Gasteiger partial charge in [0.05, 0.1) is 5.75 Å². The molecular formula is C10H24N2O2S. The standard InChI is InChI=1S/C10H24N2O2S/c1-9(11)6-5-7-12-15(13,14)8-10(2,3)4/h9,12H,5-8,11H2,1-4H3. The Morgan fingerprint density at radius 1 is 1.33 bits per heavy atom.